The van der Waals surface area contributed by atoms with Crippen LogP contribution in [0, 0.1) is 6.92 Å². The molecule has 2 fully saturated rings. The lowest BCUT2D eigenvalue weighted by atomic mass is 10.1. The highest BCUT2D eigenvalue weighted by Crippen LogP contribution is 2.20. The lowest BCUT2D eigenvalue weighted by molar-refractivity contribution is -0.126. The van der Waals surface area contributed by atoms with Crippen molar-refractivity contribution < 1.29 is 4.79 Å². The Balaban J connectivity index is 1.30. The summed E-state index contributed by atoms with van der Waals surface area (Å²) in [6.07, 6.45) is 8.69. The molecule has 158 valence electrons. The van der Waals surface area contributed by atoms with E-state index in [9.17, 15) is 4.79 Å². The molecule has 1 aromatic heterocycles. The number of rotatable bonds is 4. The standard InChI is InChI=1S/C24H31N5O/c1-20-8-4-5-9-21(20)10-13-24(30)29-18-16-28(17-19-29)23-12-11-22(25-26-23)27-14-6-2-3-7-15-27/h4-5,8-13H,2-3,6-7,14-19H2,1H3/b13-10+. The molecule has 3 heterocycles. The van der Waals surface area contributed by atoms with Crippen molar-refractivity contribution in [2.45, 2.75) is 32.6 Å². The molecule has 0 spiro atoms. The largest absolute Gasteiger partial charge is 0.355 e. The van der Waals surface area contributed by atoms with Gasteiger partial charge in [-0.25, -0.2) is 0 Å². The second kappa shape index (κ2) is 9.74. The molecule has 2 aliphatic heterocycles. The molecule has 2 aliphatic rings. The number of hydrogen-bond donors (Lipinski definition) is 0. The zero-order valence-corrected chi connectivity index (χ0v) is 17.8. The van der Waals surface area contributed by atoms with E-state index in [1.807, 2.05) is 29.2 Å². The molecule has 0 saturated carbocycles. The van der Waals surface area contributed by atoms with Gasteiger partial charge in [-0.1, -0.05) is 37.1 Å². The zero-order valence-electron chi connectivity index (χ0n) is 17.8. The van der Waals surface area contributed by atoms with Gasteiger partial charge in [-0.3, -0.25) is 4.79 Å². The van der Waals surface area contributed by atoms with Crippen LogP contribution in [-0.4, -0.2) is 60.3 Å². The molecule has 0 N–H and O–H groups in total. The van der Waals surface area contributed by atoms with E-state index in [0.29, 0.717) is 13.1 Å². The summed E-state index contributed by atoms with van der Waals surface area (Å²) in [6, 6.07) is 12.3. The number of anilines is 2. The van der Waals surface area contributed by atoms with Gasteiger partial charge in [0.1, 0.15) is 0 Å². The van der Waals surface area contributed by atoms with Crippen molar-refractivity contribution in [2.75, 3.05) is 49.1 Å². The molecule has 4 rings (SSSR count). The first-order valence-electron chi connectivity index (χ1n) is 11.1. The number of nitrogens with zero attached hydrogens (tertiary/aromatic N) is 5. The summed E-state index contributed by atoms with van der Waals surface area (Å²) in [5.74, 6) is 1.95. The first-order chi connectivity index (χ1) is 14.7. The number of carbonyl (C=O) groups excluding carboxylic acids is 1. The molecule has 30 heavy (non-hydrogen) atoms. The second-order valence-corrected chi connectivity index (χ2v) is 8.15. The Labute approximate surface area is 179 Å². The summed E-state index contributed by atoms with van der Waals surface area (Å²) < 4.78 is 0. The third-order valence-corrected chi connectivity index (χ3v) is 6.08. The topological polar surface area (TPSA) is 52.6 Å². The van der Waals surface area contributed by atoms with Crippen LogP contribution >= 0.6 is 0 Å². The van der Waals surface area contributed by atoms with Gasteiger partial charge in [0.15, 0.2) is 11.6 Å². The molecule has 0 radical (unpaired) electrons. The zero-order chi connectivity index (χ0) is 20.8. The average Bonchev–Trinajstić information content (AvgIpc) is 3.08. The first-order valence-corrected chi connectivity index (χ1v) is 11.1. The Kier molecular flexibility index (Phi) is 6.62. The van der Waals surface area contributed by atoms with Gasteiger partial charge >= 0.3 is 0 Å². The van der Waals surface area contributed by atoms with Gasteiger partial charge in [-0.2, -0.15) is 0 Å². The second-order valence-electron chi connectivity index (χ2n) is 8.15. The van der Waals surface area contributed by atoms with Crippen LogP contribution in [0.25, 0.3) is 6.08 Å². The van der Waals surface area contributed by atoms with Crippen molar-refractivity contribution >= 4 is 23.6 Å². The molecule has 2 aromatic rings. The minimum absolute atomic E-state index is 0.0699. The summed E-state index contributed by atoms with van der Waals surface area (Å²) in [5.41, 5.74) is 2.26. The Morgan fingerprint density at radius 1 is 0.800 bits per heavy atom. The predicted octanol–water partition coefficient (Wildman–Crippen LogP) is 3.53. The van der Waals surface area contributed by atoms with Crippen molar-refractivity contribution in [3.05, 3.63) is 53.6 Å². The smallest absolute Gasteiger partial charge is 0.246 e. The van der Waals surface area contributed by atoms with Crippen LogP contribution in [0.15, 0.2) is 42.5 Å². The maximum Gasteiger partial charge on any atom is 0.246 e. The minimum Gasteiger partial charge on any atom is -0.355 e. The van der Waals surface area contributed by atoms with Crippen LogP contribution in [0.2, 0.25) is 0 Å². The maximum absolute atomic E-state index is 12.6. The van der Waals surface area contributed by atoms with E-state index in [-0.39, 0.29) is 5.91 Å². The van der Waals surface area contributed by atoms with Gasteiger partial charge in [0.2, 0.25) is 5.91 Å². The fraction of sp³-hybridized carbons (Fsp3) is 0.458. The van der Waals surface area contributed by atoms with Gasteiger partial charge in [0, 0.05) is 45.3 Å². The molecule has 6 heteroatoms. The predicted molar refractivity (Wildman–Crippen MR) is 122 cm³/mol. The van der Waals surface area contributed by atoms with Gasteiger partial charge < -0.3 is 14.7 Å². The monoisotopic (exact) mass is 405 g/mol. The van der Waals surface area contributed by atoms with Crippen LogP contribution in [0.4, 0.5) is 11.6 Å². The van der Waals surface area contributed by atoms with Crippen molar-refractivity contribution in [1.29, 1.82) is 0 Å². The molecule has 6 nitrogen and oxygen atoms in total. The quantitative estimate of drug-likeness (QED) is 0.729. The van der Waals surface area contributed by atoms with Crippen molar-refractivity contribution in [3.8, 4) is 0 Å². The molecule has 0 unspecified atom stereocenters. The fourth-order valence-corrected chi connectivity index (χ4v) is 4.15. The Morgan fingerprint density at radius 3 is 2.00 bits per heavy atom. The highest BCUT2D eigenvalue weighted by molar-refractivity contribution is 5.92. The minimum atomic E-state index is 0.0699. The summed E-state index contributed by atoms with van der Waals surface area (Å²) in [7, 11) is 0. The Hall–Kier alpha value is -2.89. The molecule has 1 aromatic carbocycles. The van der Waals surface area contributed by atoms with Crippen molar-refractivity contribution in [3.63, 3.8) is 0 Å². The number of carbonyl (C=O) groups is 1. The fourth-order valence-electron chi connectivity index (χ4n) is 4.15. The lowest BCUT2D eigenvalue weighted by Gasteiger charge is -2.34. The van der Waals surface area contributed by atoms with Crippen LogP contribution in [-0.2, 0) is 4.79 Å². The molecule has 0 atom stereocenters. The van der Waals surface area contributed by atoms with Gasteiger partial charge in [0.25, 0.3) is 0 Å². The number of piperazine rings is 1. The Bertz CT molecular complexity index is 863. The number of benzene rings is 1. The van der Waals surface area contributed by atoms with Crippen LogP contribution in [0.5, 0.6) is 0 Å². The van der Waals surface area contributed by atoms with E-state index in [0.717, 1.165) is 43.4 Å². The highest BCUT2D eigenvalue weighted by atomic mass is 16.2. The summed E-state index contributed by atoms with van der Waals surface area (Å²) in [6.45, 7) is 7.17. The summed E-state index contributed by atoms with van der Waals surface area (Å²) in [5, 5.41) is 8.97. The third-order valence-electron chi connectivity index (χ3n) is 6.08. The first kappa shape index (κ1) is 20.4. The molecular formula is C24H31N5O. The van der Waals surface area contributed by atoms with E-state index in [2.05, 4.69) is 45.1 Å². The number of amides is 1. The van der Waals surface area contributed by atoms with Gasteiger partial charge in [0.05, 0.1) is 0 Å². The normalized spacial score (nSPS) is 18.0. The maximum atomic E-state index is 12.6. The van der Waals surface area contributed by atoms with E-state index in [4.69, 9.17) is 0 Å². The molecule has 0 bridgehead atoms. The third kappa shape index (κ3) is 4.99. The lowest BCUT2D eigenvalue weighted by Crippen LogP contribution is -2.48. The Morgan fingerprint density at radius 2 is 1.40 bits per heavy atom. The highest BCUT2D eigenvalue weighted by Gasteiger charge is 2.21. The van der Waals surface area contributed by atoms with Crippen LogP contribution in [0.3, 0.4) is 0 Å². The summed E-state index contributed by atoms with van der Waals surface area (Å²) in [4.78, 5) is 19.0. The van der Waals surface area contributed by atoms with Crippen LogP contribution in [0.1, 0.15) is 36.8 Å². The molecule has 2 saturated heterocycles. The van der Waals surface area contributed by atoms with Gasteiger partial charge in [-0.15, -0.1) is 10.2 Å². The number of aryl methyl sites for hydroxylation is 1. The number of hydrogen-bond acceptors (Lipinski definition) is 5. The van der Waals surface area contributed by atoms with E-state index < -0.39 is 0 Å². The van der Waals surface area contributed by atoms with Crippen molar-refractivity contribution in [1.82, 2.24) is 15.1 Å². The number of aromatic nitrogens is 2. The van der Waals surface area contributed by atoms with Crippen molar-refractivity contribution in [2.24, 2.45) is 0 Å². The molecule has 0 aliphatic carbocycles. The molecule has 1 amide bonds. The van der Waals surface area contributed by atoms with E-state index >= 15 is 0 Å². The average molecular weight is 406 g/mol. The SMILES string of the molecule is Cc1ccccc1/C=C/C(=O)N1CCN(c2ccc(N3CCCCCC3)nn2)CC1. The summed E-state index contributed by atoms with van der Waals surface area (Å²) >= 11 is 0. The molecular weight excluding hydrogens is 374 g/mol. The van der Waals surface area contributed by atoms with Gasteiger partial charge in [-0.05, 0) is 49.1 Å². The van der Waals surface area contributed by atoms with E-state index in [1.54, 1.807) is 6.08 Å². The van der Waals surface area contributed by atoms with E-state index in [1.165, 1.54) is 31.2 Å². The van der Waals surface area contributed by atoms with Crippen LogP contribution < -0.4 is 9.80 Å².